The maximum absolute atomic E-state index is 13.7. The van der Waals surface area contributed by atoms with Crippen LogP contribution in [0.1, 0.15) is 11.1 Å². The highest BCUT2D eigenvalue weighted by Crippen LogP contribution is 2.38. The van der Waals surface area contributed by atoms with Crippen LogP contribution in [0.25, 0.3) is 0 Å². The quantitative estimate of drug-likeness (QED) is 0.358. The van der Waals surface area contributed by atoms with Gasteiger partial charge in [0.05, 0.1) is 52.1 Å². The largest absolute Gasteiger partial charge is 0.495 e. The minimum absolute atomic E-state index is 0.0630. The van der Waals surface area contributed by atoms with Gasteiger partial charge in [0.2, 0.25) is 15.9 Å². The van der Waals surface area contributed by atoms with E-state index in [-0.39, 0.29) is 47.5 Å². The lowest BCUT2D eigenvalue weighted by molar-refractivity contribution is -0.137. The van der Waals surface area contributed by atoms with E-state index in [2.05, 4.69) is 5.32 Å². The van der Waals surface area contributed by atoms with Crippen LogP contribution in [-0.2, 0) is 35.8 Å². The summed E-state index contributed by atoms with van der Waals surface area (Å²) in [7, 11) is -7.27. The Morgan fingerprint density at radius 2 is 1.63 bits per heavy atom. The van der Waals surface area contributed by atoms with Gasteiger partial charge in [-0.15, -0.1) is 0 Å². The van der Waals surface area contributed by atoms with Crippen LogP contribution in [0.4, 0.5) is 24.5 Å². The SMILES string of the molecule is COc1ccc(S(=O)(=O)N2CCOCC2)cc1NC(=O)CN(c1ccc(Cl)c(C(F)(F)F)c1)S(=O)(=O)c1ccc(C)cc1. The second-order valence-electron chi connectivity index (χ2n) is 9.41. The molecule has 1 fully saturated rings. The van der Waals surface area contributed by atoms with Gasteiger partial charge in [-0.05, 0) is 55.5 Å². The van der Waals surface area contributed by atoms with Crippen molar-refractivity contribution in [3.8, 4) is 5.75 Å². The highest BCUT2D eigenvalue weighted by Gasteiger charge is 2.36. The van der Waals surface area contributed by atoms with Crippen LogP contribution >= 0.6 is 11.6 Å². The molecule has 3 aromatic carbocycles. The monoisotopic (exact) mass is 661 g/mol. The molecule has 0 spiro atoms. The fourth-order valence-electron chi connectivity index (χ4n) is 4.24. The van der Waals surface area contributed by atoms with Crippen molar-refractivity contribution in [3.05, 3.63) is 76.8 Å². The van der Waals surface area contributed by atoms with E-state index < -0.39 is 54.9 Å². The van der Waals surface area contributed by atoms with Gasteiger partial charge in [0.1, 0.15) is 12.3 Å². The highest BCUT2D eigenvalue weighted by molar-refractivity contribution is 7.92. The zero-order valence-electron chi connectivity index (χ0n) is 22.9. The van der Waals surface area contributed by atoms with Crippen molar-refractivity contribution >= 4 is 48.9 Å². The number of benzene rings is 3. The van der Waals surface area contributed by atoms with Crippen molar-refractivity contribution in [3.63, 3.8) is 0 Å². The number of nitrogens with zero attached hydrogens (tertiary/aromatic N) is 2. The molecule has 1 aliphatic rings. The molecule has 0 aromatic heterocycles. The summed E-state index contributed by atoms with van der Waals surface area (Å²) in [6.07, 6.45) is -4.91. The molecule has 1 heterocycles. The first-order valence-electron chi connectivity index (χ1n) is 12.7. The Labute approximate surface area is 252 Å². The predicted octanol–water partition coefficient (Wildman–Crippen LogP) is 4.53. The first-order chi connectivity index (χ1) is 20.1. The smallest absolute Gasteiger partial charge is 0.417 e. The molecular weight excluding hydrogens is 635 g/mol. The summed E-state index contributed by atoms with van der Waals surface area (Å²) in [6.45, 7) is 1.43. The van der Waals surface area contributed by atoms with E-state index in [4.69, 9.17) is 21.1 Å². The first-order valence-corrected chi connectivity index (χ1v) is 15.9. The standard InChI is InChI=1S/C27H27ClF3N3O7S2/c1-18-3-6-20(7-4-18)43(38,39)34(19-5-9-23(28)22(15-19)27(29,30)31)17-26(35)32-24-16-21(8-10-25(24)40-2)42(36,37)33-11-13-41-14-12-33/h3-10,15-16H,11-14,17H2,1-2H3,(H,32,35). The van der Waals surface area contributed by atoms with Crippen molar-refractivity contribution in [1.29, 1.82) is 0 Å². The van der Waals surface area contributed by atoms with E-state index in [0.29, 0.717) is 10.4 Å². The molecule has 1 N–H and O–H groups in total. The molecule has 3 aromatic rings. The van der Waals surface area contributed by atoms with Gasteiger partial charge >= 0.3 is 6.18 Å². The number of ether oxygens (including phenoxy) is 2. The van der Waals surface area contributed by atoms with Gasteiger partial charge < -0.3 is 14.8 Å². The number of amides is 1. The third kappa shape index (κ3) is 7.24. The van der Waals surface area contributed by atoms with E-state index in [1.807, 2.05) is 0 Å². The fraction of sp³-hybridized carbons (Fsp3) is 0.296. The lowest BCUT2D eigenvalue weighted by Gasteiger charge is -2.27. The second-order valence-corrected chi connectivity index (χ2v) is 13.6. The van der Waals surface area contributed by atoms with Crippen molar-refractivity contribution in [2.45, 2.75) is 22.9 Å². The number of rotatable bonds is 9. The third-order valence-electron chi connectivity index (χ3n) is 6.49. The van der Waals surface area contributed by atoms with Gasteiger partial charge in [0.15, 0.2) is 0 Å². The number of hydrogen-bond acceptors (Lipinski definition) is 7. The molecule has 1 aliphatic heterocycles. The molecule has 0 bridgehead atoms. The Kier molecular flexibility index (Phi) is 9.61. The molecule has 0 aliphatic carbocycles. The van der Waals surface area contributed by atoms with Gasteiger partial charge in [-0.2, -0.15) is 17.5 Å². The van der Waals surface area contributed by atoms with Crippen LogP contribution < -0.4 is 14.4 Å². The number of morpholine rings is 1. The zero-order chi connectivity index (χ0) is 31.6. The summed E-state index contributed by atoms with van der Waals surface area (Å²) in [6, 6.07) is 11.8. The van der Waals surface area contributed by atoms with Crippen molar-refractivity contribution in [1.82, 2.24) is 4.31 Å². The first kappa shape index (κ1) is 32.5. The maximum atomic E-state index is 13.7. The minimum atomic E-state index is -4.91. The summed E-state index contributed by atoms with van der Waals surface area (Å²) in [4.78, 5) is 12.9. The van der Waals surface area contributed by atoms with Crippen LogP contribution in [0.2, 0.25) is 5.02 Å². The van der Waals surface area contributed by atoms with Crippen molar-refractivity contribution < 1.29 is 44.3 Å². The summed E-state index contributed by atoms with van der Waals surface area (Å²) in [5.74, 6) is -0.925. The Balaban J connectivity index is 1.72. The Morgan fingerprint density at radius 1 is 1.00 bits per heavy atom. The minimum Gasteiger partial charge on any atom is -0.495 e. The van der Waals surface area contributed by atoms with Crippen molar-refractivity contribution in [2.24, 2.45) is 0 Å². The van der Waals surface area contributed by atoms with Crippen molar-refractivity contribution in [2.75, 3.05) is 49.6 Å². The Bertz CT molecular complexity index is 1710. The van der Waals surface area contributed by atoms with Gasteiger partial charge in [0, 0.05) is 13.1 Å². The molecule has 0 saturated carbocycles. The molecule has 232 valence electrons. The van der Waals surface area contributed by atoms with Gasteiger partial charge in [0.25, 0.3) is 10.0 Å². The second kappa shape index (κ2) is 12.7. The lowest BCUT2D eigenvalue weighted by atomic mass is 10.2. The molecule has 1 saturated heterocycles. The van der Waals surface area contributed by atoms with Gasteiger partial charge in [-0.3, -0.25) is 9.10 Å². The normalized spacial score (nSPS) is 14.7. The molecule has 0 atom stereocenters. The average molecular weight is 662 g/mol. The number of aryl methyl sites for hydroxylation is 1. The van der Waals surface area contributed by atoms with Gasteiger partial charge in [-0.1, -0.05) is 29.3 Å². The number of anilines is 2. The molecule has 4 rings (SSSR count). The predicted molar refractivity (Wildman–Crippen MR) is 153 cm³/mol. The van der Waals surface area contributed by atoms with E-state index in [0.717, 1.165) is 23.8 Å². The highest BCUT2D eigenvalue weighted by atomic mass is 35.5. The number of nitrogens with one attached hydrogen (secondary N) is 1. The molecule has 16 heteroatoms. The van der Waals surface area contributed by atoms with E-state index in [9.17, 15) is 34.8 Å². The van der Waals surface area contributed by atoms with E-state index in [1.165, 1.54) is 47.8 Å². The molecule has 1 amide bonds. The Hall–Kier alpha value is -3.37. The number of carbonyl (C=O) groups excluding carboxylic acids is 1. The number of alkyl halides is 3. The van der Waals surface area contributed by atoms with E-state index in [1.54, 1.807) is 6.92 Å². The molecular formula is C27H27ClF3N3O7S2. The fourth-order valence-corrected chi connectivity index (χ4v) is 7.31. The zero-order valence-corrected chi connectivity index (χ0v) is 25.3. The number of hydrogen-bond donors (Lipinski definition) is 1. The summed E-state index contributed by atoms with van der Waals surface area (Å²) in [5, 5.41) is 1.78. The topological polar surface area (TPSA) is 122 Å². The summed E-state index contributed by atoms with van der Waals surface area (Å²) in [5.41, 5.74) is -1.13. The third-order valence-corrected chi connectivity index (χ3v) is 10.5. The maximum Gasteiger partial charge on any atom is 0.417 e. The summed E-state index contributed by atoms with van der Waals surface area (Å²) >= 11 is 5.75. The van der Waals surface area contributed by atoms with Gasteiger partial charge in [-0.25, -0.2) is 16.8 Å². The average Bonchev–Trinajstić information content (AvgIpc) is 2.96. The van der Waals surface area contributed by atoms with Crippen LogP contribution in [0, 0.1) is 6.92 Å². The number of methoxy groups -OCH3 is 1. The van der Waals surface area contributed by atoms with Crippen LogP contribution in [0.5, 0.6) is 5.75 Å². The molecule has 0 radical (unpaired) electrons. The molecule has 10 nitrogen and oxygen atoms in total. The number of carbonyl (C=O) groups is 1. The number of sulfonamides is 2. The van der Waals surface area contributed by atoms with E-state index >= 15 is 0 Å². The summed E-state index contributed by atoms with van der Waals surface area (Å²) < 4.78 is 107. The molecule has 43 heavy (non-hydrogen) atoms. The lowest BCUT2D eigenvalue weighted by Crippen LogP contribution is -2.40. The molecule has 0 unspecified atom stereocenters. The van der Waals surface area contributed by atoms with Crippen LogP contribution in [0.3, 0.4) is 0 Å². The van der Waals surface area contributed by atoms with Crippen LogP contribution in [-0.4, -0.2) is 67.0 Å². The van der Waals surface area contributed by atoms with Crippen LogP contribution in [0.15, 0.2) is 70.5 Å². The Morgan fingerprint density at radius 3 is 2.23 bits per heavy atom. The number of halogens is 4.